The summed E-state index contributed by atoms with van der Waals surface area (Å²) in [5.41, 5.74) is 0. The zero-order chi connectivity index (χ0) is 23.8. The second-order valence-electron chi connectivity index (χ2n) is 9.14. The minimum absolute atomic E-state index is 0.312. The fourth-order valence-electron chi connectivity index (χ4n) is 3.58. The Morgan fingerprint density at radius 2 is 0.839 bits per heavy atom. The van der Waals surface area contributed by atoms with E-state index in [4.69, 9.17) is 0 Å². The first-order valence-electron chi connectivity index (χ1n) is 11.8. The lowest BCUT2D eigenvalue weighted by Crippen LogP contribution is -2.46. The first-order chi connectivity index (χ1) is 14.5. The summed E-state index contributed by atoms with van der Waals surface area (Å²) in [5.74, 6) is 0. The van der Waals surface area contributed by atoms with Gasteiger partial charge in [-0.3, -0.25) is 14.7 Å². The van der Waals surface area contributed by atoms with Crippen molar-refractivity contribution in [2.24, 2.45) is 0 Å². The molecule has 0 rings (SSSR count). The number of rotatable bonds is 20. The highest BCUT2D eigenvalue weighted by Crippen LogP contribution is 2.01. The van der Waals surface area contributed by atoms with Gasteiger partial charge in [0.05, 0.1) is 30.5 Å². The van der Waals surface area contributed by atoms with Crippen LogP contribution in [0.25, 0.3) is 0 Å². The molecule has 0 aliphatic carbocycles. The van der Waals surface area contributed by atoms with E-state index in [1.54, 1.807) is 34.6 Å². The van der Waals surface area contributed by atoms with Crippen molar-refractivity contribution in [1.82, 2.24) is 20.0 Å². The smallest absolute Gasteiger partial charge is 0.0639 e. The second kappa shape index (κ2) is 18.1. The topological polar surface area (TPSA) is 123 Å². The van der Waals surface area contributed by atoms with Gasteiger partial charge in [-0.2, -0.15) is 0 Å². The molecule has 0 fully saturated rings. The SMILES string of the molecule is CC(O)CCNCCN(CCN(CC(C)O)CC(C)O)CCN(CC(C)O)CC(C)O. The molecular formula is C22H50N4O5. The van der Waals surface area contributed by atoms with E-state index >= 15 is 0 Å². The van der Waals surface area contributed by atoms with Crippen LogP contribution in [0.2, 0.25) is 0 Å². The molecule has 5 atom stereocenters. The maximum absolute atomic E-state index is 9.77. The first kappa shape index (κ1) is 30.6. The lowest BCUT2D eigenvalue weighted by molar-refractivity contribution is 0.0660. The van der Waals surface area contributed by atoms with E-state index in [1.807, 2.05) is 0 Å². The molecule has 0 amide bonds. The van der Waals surface area contributed by atoms with Crippen molar-refractivity contribution in [3.8, 4) is 0 Å². The van der Waals surface area contributed by atoms with Crippen LogP contribution in [0, 0.1) is 0 Å². The van der Waals surface area contributed by atoms with E-state index < -0.39 is 24.4 Å². The van der Waals surface area contributed by atoms with Crippen LogP contribution in [0.15, 0.2) is 0 Å². The van der Waals surface area contributed by atoms with Crippen molar-refractivity contribution >= 4 is 0 Å². The largest absolute Gasteiger partial charge is 0.393 e. The van der Waals surface area contributed by atoms with Gasteiger partial charge < -0.3 is 30.8 Å². The highest BCUT2D eigenvalue weighted by molar-refractivity contribution is 4.72. The molecule has 0 spiro atoms. The molecule has 0 heterocycles. The van der Waals surface area contributed by atoms with Crippen LogP contribution in [0.3, 0.4) is 0 Å². The normalized spacial score (nSPS) is 17.3. The van der Waals surface area contributed by atoms with Crippen molar-refractivity contribution in [3.05, 3.63) is 0 Å². The molecule has 0 aliphatic rings. The van der Waals surface area contributed by atoms with Crippen LogP contribution in [-0.2, 0) is 0 Å². The molecule has 9 heteroatoms. The zero-order valence-electron chi connectivity index (χ0n) is 20.4. The van der Waals surface area contributed by atoms with E-state index in [0.717, 1.165) is 45.8 Å². The Kier molecular flexibility index (Phi) is 17.9. The van der Waals surface area contributed by atoms with Gasteiger partial charge in [-0.1, -0.05) is 0 Å². The van der Waals surface area contributed by atoms with Gasteiger partial charge >= 0.3 is 0 Å². The number of aliphatic hydroxyl groups excluding tert-OH is 5. The van der Waals surface area contributed by atoms with Gasteiger partial charge in [0, 0.05) is 65.4 Å². The molecule has 6 N–H and O–H groups in total. The molecule has 0 saturated carbocycles. The Morgan fingerprint density at radius 3 is 1.16 bits per heavy atom. The highest BCUT2D eigenvalue weighted by atomic mass is 16.3. The standard InChI is InChI=1S/C22H50N4O5/c1-18(27)6-7-23-8-9-24(10-12-25(14-19(2)28)15-20(3)29)11-13-26(16-21(4)30)17-22(5)31/h18-23,27-31H,6-17H2,1-5H3. The highest BCUT2D eigenvalue weighted by Gasteiger charge is 2.16. The van der Waals surface area contributed by atoms with Crippen molar-refractivity contribution in [1.29, 1.82) is 0 Å². The third kappa shape index (κ3) is 20.0. The average molecular weight is 451 g/mol. The molecule has 0 aromatic heterocycles. The molecule has 0 radical (unpaired) electrons. The number of nitrogens with zero attached hydrogens (tertiary/aromatic N) is 3. The maximum atomic E-state index is 9.77. The van der Waals surface area contributed by atoms with Gasteiger partial charge in [0.2, 0.25) is 0 Å². The Balaban J connectivity index is 4.82. The number of hydrogen-bond acceptors (Lipinski definition) is 9. The van der Waals surface area contributed by atoms with E-state index in [-0.39, 0.29) is 6.10 Å². The Morgan fingerprint density at radius 1 is 0.484 bits per heavy atom. The van der Waals surface area contributed by atoms with E-state index in [0.29, 0.717) is 32.6 Å². The van der Waals surface area contributed by atoms with Gasteiger partial charge in [-0.05, 0) is 47.6 Å². The number of hydrogen-bond donors (Lipinski definition) is 6. The van der Waals surface area contributed by atoms with Crippen LogP contribution in [0.4, 0.5) is 0 Å². The third-order valence-corrected chi connectivity index (χ3v) is 4.90. The van der Waals surface area contributed by atoms with Gasteiger partial charge in [-0.15, -0.1) is 0 Å². The summed E-state index contributed by atoms with van der Waals surface area (Å²) >= 11 is 0. The predicted octanol–water partition coefficient (Wildman–Crippen LogP) is -1.22. The van der Waals surface area contributed by atoms with Gasteiger partial charge in [0.15, 0.2) is 0 Å². The minimum Gasteiger partial charge on any atom is -0.393 e. The Labute approximate surface area is 189 Å². The predicted molar refractivity (Wildman–Crippen MR) is 125 cm³/mol. The second-order valence-corrected chi connectivity index (χ2v) is 9.14. The molecule has 0 aromatic rings. The first-order valence-corrected chi connectivity index (χ1v) is 11.8. The summed E-state index contributed by atoms with van der Waals surface area (Å²) < 4.78 is 0. The lowest BCUT2D eigenvalue weighted by atomic mass is 10.2. The molecule has 5 unspecified atom stereocenters. The number of aliphatic hydroxyl groups is 5. The summed E-state index contributed by atoms with van der Waals surface area (Å²) in [6.45, 7) is 16.3. The molecule has 9 nitrogen and oxygen atoms in total. The molecule has 31 heavy (non-hydrogen) atoms. The Bertz CT molecular complexity index is 363. The van der Waals surface area contributed by atoms with Gasteiger partial charge in [-0.25, -0.2) is 0 Å². The van der Waals surface area contributed by atoms with Crippen LogP contribution < -0.4 is 5.32 Å². The molecule has 188 valence electrons. The minimum atomic E-state index is -0.457. The van der Waals surface area contributed by atoms with E-state index in [9.17, 15) is 25.5 Å². The molecule has 0 aliphatic heterocycles. The van der Waals surface area contributed by atoms with Crippen molar-refractivity contribution < 1.29 is 25.5 Å². The number of nitrogens with one attached hydrogen (secondary N) is 1. The van der Waals surface area contributed by atoms with Crippen LogP contribution in [0.1, 0.15) is 41.0 Å². The van der Waals surface area contributed by atoms with E-state index in [2.05, 4.69) is 20.0 Å². The fourth-order valence-corrected chi connectivity index (χ4v) is 3.58. The summed E-state index contributed by atoms with van der Waals surface area (Å²) in [7, 11) is 0. The quantitative estimate of drug-likeness (QED) is 0.127. The fraction of sp³-hybridized carbons (Fsp3) is 1.00. The van der Waals surface area contributed by atoms with Crippen LogP contribution in [0.5, 0.6) is 0 Å². The summed E-state index contributed by atoms with van der Waals surface area (Å²) in [6.07, 6.45) is -1.42. The average Bonchev–Trinajstić information content (AvgIpc) is 2.60. The van der Waals surface area contributed by atoms with Gasteiger partial charge in [0.25, 0.3) is 0 Å². The summed E-state index contributed by atoms with van der Waals surface area (Å²) in [6, 6.07) is 0. The van der Waals surface area contributed by atoms with Crippen molar-refractivity contribution in [2.75, 3.05) is 72.0 Å². The lowest BCUT2D eigenvalue weighted by Gasteiger charge is -2.32. The van der Waals surface area contributed by atoms with Crippen molar-refractivity contribution in [3.63, 3.8) is 0 Å². The molecular weight excluding hydrogens is 400 g/mol. The molecule has 0 bridgehead atoms. The third-order valence-electron chi connectivity index (χ3n) is 4.90. The van der Waals surface area contributed by atoms with E-state index in [1.165, 1.54) is 0 Å². The maximum Gasteiger partial charge on any atom is 0.0639 e. The summed E-state index contributed by atoms with van der Waals surface area (Å²) in [4.78, 5) is 6.47. The molecule has 0 aromatic carbocycles. The van der Waals surface area contributed by atoms with Crippen LogP contribution in [-0.4, -0.2) is 143 Å². The molecule has 0 saturated heterocycles. The monoisotopic (exact) mass is 450 g/mol. The zero-order valence-corrected chi connectivity index (χ0v) is 20.4. The summed E-state index contributed by atoms with van der Waals surface area (Å²) in [5, 5.41) is 51.8. The van der Waals surface area contributed by atoms with Crippen molar-refractivity contribution in [2.45, 2.75) is 71.6 Å². The Hall–Kier alpha value is -0.360. The van der Waals surface area contributed by atoms with Crippen LogP contribution >= 0.6 is 0 Å². The van der Waals surface area contributed by atoms with Gasteiger partial charge in [0.1, 0.15) is 0 Å².